The molecule has 0 unspecified atom stereocenters. The summed E-state index contributed by atoms with van der Waals surface area (Å²) in [5, 5.41) is 9.60. The van der Waals surface area contributed by atoms with E-state index in [-0.39, 0.29) is 13.0 Å². The number of carbonyl (C=O) groups excluding carboxylic acids is 1. The Morgan fingerprint density at radius 3 is 2.69 bits per heavy atom. The van der Waals surface area contributed by atoms with Gasteiger partial charge in [0.25, 0.3) is 0 Å². The summed E-state index contributed by atoms with van der Waals surface area (Å²) in [7, 11) is 0. The third kappa shape index (κ3) is 2.89. The molecule has 2 aliphatic carbocycles. The second-order valence-electron chi connectivity index (χ2n) is 6.59. The zero-order valence-electron chi connectivity index (χ0n) is 13.9. The van der Waals surface area contributed by atoms with Crippen LogP contribution in [-0.2, 0) is 20.1 Å². The van der Waals surface area contributed by atoms with Crippen molar-refractivity contribution in [1.82, 2.24) is 0 Å². The van der Waals surface area contributed by atoms with Crippen molar-refractivity contribution < 1.29 is 23.8 Å². The van der Waals surface area contributed by atoms with Crippen molar-refractivity contribution in [3.63, 3.8) is 0 Å². The molecule has 0 bridgehead atoms. The number of carboxylic acid groups (broad SMARTS) is 1. The van der Waals surface area contributed by atoms with E-state index in [0.717, 1.165) is 5.56 Å². The topological polar surface area (TPSA) is 89.6 Å². The Bertz CT molecular complexity index is 766. The maximum absolute atomic E-state index is 14.7. The molecule has 2 fully saturated rings. The fourth-order valence-corrected chi connectivity index (χ4v) is 5.63. The summed E-state index contributed by atoms with van der Waals surface area (Å²) in [6.45, 7) is 1.71. The van der Waals surface area contributed by atoms with Crippen LogP contribution in [-0.4, -0.2) is 40.1 Å². The van der Waals surface area contributed by atoms with Gasteiger partial charge in [-0.1, -0.05) is 29.3 Å². The number of halogens is 3. The van der Waals surface area contributed by atoms with Crippen LogP contribution in [0.4, 0.5) is 4.39 Å². The number of hydrogen-bond donors (Lipinski definition) is 2. The Morgan fingerprint density at radius 2 is 2.12 bits per heavy atom. The molecule has 9 heteroatoms. The van der Waals surface area contributed by atoms with Gasteiger partial charge in [-0.3, -0.25) is 0 Å². The highest BCUT2D eigenvalue weighted by Gasteiger charge is 2.84. The molecule has 3 N–H and O–H groups in total. The summed E-state index contributed by atoms with van der Waals surface area (Å²) >= 11 is 13.3. The molecule has 1 aromatic carbocycles. The summed E-state index contributed by atoms with van der Waals surface area (Å²) < 4.78 is 19.8. The second-order valence-corrected chi connectivity index (χ2v) is 8.60. The van der Waals surface area contributed by atoms with E-state index in [1.165, 1.54) is 11.8 Å². The number of hydrogen-bond acceptors (Lipinski definition) is 5. The first-order valence-electron chi connectivity index (χ1n) is 8.11. The van der Waals surface area contributed by atoms with Crippen molar-refractivity contribution in [2.24, 2.45) is 17.6 Å². The summed E-state index contributed by atoms with van der Waals surface area (Å²) in [6.07, 6.45) is 0.203. The molecule has 5 atom stereocenters. The van der Waals surface area contributed by atoms with Crippen molar-refractivity contribution in [1.29, 1.82) is 0 Å². The molecule has 0 heterocycles. The maximum atomic E-state index is 14.7. The van der Waals surface area contributed by atoms with E-state index in [2.05, 4.69) is 0 Å². The van der Waals surface area contributed by atoms with E-state index in [9.17, 15) is 19.1 Å². The van der Waals surface area contributed by atoms with Crippen LogP contribution in [0.2, 0.25) is 10.0 Å². The molecule has 0 spiro atoms. The van der Waals surface area contributed by atoms with Gasteiger partial charge in [0.1, 0.15) is 5.54 Å². The number of thioether (sulfide) groups is 1. The minimum atomic E-state index is -2.46. The molecule has 0 aliphatic heterocycles. The summed E-state index contributed by atoms with van der Waals surface area (Å²) in [6, 6.07) is 5.19. The van der Waals surface area contributed by atoms with E-state index in [0.29, 0.717) is 15.8 Å². The normalized spacial score (nSPS) is 35.0. The van der Waals surface area contributed by atoms with E-state index >= 15 is 0 Å². The molecular weight excluding hydrogens is 404 g/mol. The smallest absolute Gasteiger partial charge is 0.342 e. The van der Waals surface area contributed by atoms with Gasteiger partial charge in [-0.05, 0) is 31.0 Å². The molecule has 26 heavy (non-hydrogen) atoms. The first-order valence-corrected chi connectivity index (χ1v) is 9.91. The Hall–Kier alpha value is -1.02. The third-order valence-corrected chi connectivity index (χ3v) is 7.42. The molecule has 1 aromatic rings. The van der Waals surface area contributed by atoms with Gasteiger partial charge in [0, 0.05) is 22.8 Å². The number of aliphatic carboxylic acids is 1. The Labute approximate surface area is 164 Å². The zero-order chi connectivity index (χ0) is 19.3. The number of alkyl halides is 1. The van der Waals surface area contributed by atoms with Gasteiger partial charge in [-0.15, -0.1) is 0 Å². The van der Waals surface area contributed by atoms with E-state index in [4.69, 9.17) is 33.7 Å². The largest absolute Gasteiger partial charge is 0.479 e. The summed E-state index contributed by atoms with van der Waals surface area (Å²) in [5.74, 6) is -3.69. The number of rotatable bonds is 6. The van der Waals surface area contributed by atoms with E-state index in [1.807, 2.05) is 0 Å². The molecule has 2 saturated carbocycles. The number of carboxylic acids is 1. The predicted molar refractivity (Wildman–Crippen MR) is 98.2 cm³/mol. The van der Waals surface area contributed by atoms with Crippen LogP contribution in [0, 0.1) is 11.8 Å². The van der Waals surface area contributed by atoms with Crippen molar-refractivity contribution in [3.8, 4) is 0 Å². The molecule has 5 nitrogen and oxygen atoms in total. The Kier molecular flexibility index (Phi) is 5.20. The van der Waals surface area contributed by atoms with Crippen molar-refractivity contribution >= 4 is 46.9 Å². The van der Waals surface area contributed by atoms with Crippen molar-refractivity contribution in [2.75, 3.05) is 6.61 Å². The maximum Gasteiger partial charge on any atom is 0.342 e. The van der Waals surface area contributed by atoms with Crippen LogP contribution >= 0.6 is 35.0 Å². The lowest BCUT2D eigenvalue weighted by atomic mass is 9.90. The number of fused-ring (bicyclic) bond motifs is 1. The fraction of sp³-hybridized carbons (Fsp3) is 0.529. The zero-order valence-corrected chi connectivity index (χ0v) is 16.2. The third-order valence-electron chi connectivity index (χ3n) is 5.19. The van der Waals surface area contributed by atoms with Gasteiger partial charge < -0.3 is 15.6 Å². The van der Waals surface area contributed by atoms with Crippen molar-refractivity contribution in [2.45, 2.75) is 35.6 Å². The molecule has 0 aromatic heterocycles. The molecule has 2 aliphatic rings. The van der Waals surface area contributed by atoms with Gasteiger partial charge in [0.15, 0.2) is 0 Å². The highest BCUT2D eigenvalue weighted by atomic mass is 35.5. The number of nitrogens with two attached hydrogens (primary N) is 1. The predicted octanol–water partition coefficient (Wildman–Crippen LogP) is 3.30. The first-order chi connectivity index (χ1) is 12.2. The first kappa shape index (κ1) is 19.7. The molecule has 3 rings (SSSR count). The standard InChI is InChI=1S/C17H18Cl2FNO4S/c1-2-25-15(24)17(21)12(6-9-13(17)16(9,20)14(22)23)26-7-8-3-4-10(18)11(19)5-8/h3-5,9,12-13H,2,6-7,21H2,1H3,(H,22,23)/t9-,12-,13+,16-,17+/m1/s1. The van der Waals surface area contributed by atoms with Crippen LogP contribution in [0.15, 0.2) is 18.2 Å². The highest BCUT2D eigenvalue weighted by molar-refractivity contribution is 7.99. The van der Waals surface area contributed by atoms with Crippen LogP contribution < -0.4 is 5.73 Å². The minimum Gasteiger partial charge on any atom is -0.479 e. The van der Waals surface area contributed by atoms with E-state index in [1.54, 1.807) is 25.1 Å². The van der Waals surface area contributed by atoms with Crippen LogP contribution in [0.1, 0.15) is 18.9 Å². The molecule has 142 valence electrons. The average molecular weight is 422 g/mol. The van der Waals surface area contributed by atoms with Gasteiger partial charge in [-0.2, -0.15) is 11.8 Å². The molecular formula is C17H18Cl2FNO4S. The lowest BCUT2D eigenvalue weighted by Gasteiger charge is -2.33. The number of ether oxygens (including phenoxy) is 1. The molecule has 0 radical (unpaired) electrons. The average Bonchev–Trinajstić information content (AvgIpc) is 3.06. The number of benzene rings is 1. The molecule has 0 saturated heterocycles. The van der Waals surface area contributed by atoms with Crippen LogP contribution in [0.3, 0.4) is 0 Å². The Morgan fingerprint density at radius 1 is 1.42 bits per heavy atom. The van der Waals surface area contributed by atoms with Crippen molar-refractivity contribution in [3.05, 3.63) is 33.8 Å². The monoisotopic (exact) mass is 421 g/mol. The summed E-state index contributed by atoms with van der Waals surface area (Å²) in [5.41, 5.74) is 3.05. The molecule has 0 amide bonds. The van der Waals surface area contributed by atoms with Gasteiger partial charge in [0.2, 0.25) is 5.67 Å². The van der Waals surface area contributed by atoms with Crippen LogP contribution in [0.5, 0.6) is 0 Å². The van der Waals surface area contributed by atoms with Gasteiger partial charge in [0.05, 0.1) is 16.7 Å². The Balaban J connectivity index is 1.79. The second kappa shape index (κ2) is 6.86. The fourth-order valence-electron chi connectivity index (χ4n) is 3.88. The minimum absolute atomic E-state index is 0.0890. The number of carbonyl (C=O) groups is 2. The van der Waals surface area contributed by atoms with Crippen LogP contribution in [0.25, 0.3) is 0 Å². The lowest BCUT2D eigenvalue weighted by molar-refractivity contribution is -0.153. The van der Waals surface area contributed by atoms with Gasteiger partial charge >= 0.3 is 11.9 Å². The van der Waals surface area contributed by atoms with Gasteiger partial charge in [-0.25, -0.2) is 14.0 Å². The quantitative estimate of drug-likeness (QED) is 0.684. The highest BCUT2D eigenvalue weighted by Crippen LogP contribution is 2.68. The summed E-state index contributed by atoms with van der Waals surface area (Å²) in [4.78, 5) is 23.8. The lowest BCUT2D eigenvalue weighted by Crippen LogP contribution is -2.59. The number of esters is 1. The van der Waals surface area contributed by atoms with E-state index < -0.39 is 40.2 Å². The SMILES string of the molecule is CCOC(=O)[C@@]1(N)[C@H]2[C@@H](C[C@H]1SCc1ccc(Cl)c(Cl)c1)[C@]2(F)C(=O)O.